The van der Waals surface area contributed by atoms with Crippen molar-refractivity contribution >= 4 is 0 Å². The Kier molecular flexibility index (Phi) is 10.9. The molecule has 0 saturated carbocycles. The number of rotatable bonds is 9. The number of allylic oxidation sites excluding steroid dienone is 3. The van der Waals surface area contributed by atoms with Gasteiger partial charge in [0.1, 0.15) is 0 Å². The van der Waals surface area contributed by atoms with Crippen LogP contribution in [-0.4, -0.2) is 11.7 Å². The van der Waals surface area contributed by atoms with Gasteiger partial charge in [-0.1, -0.05) is 24.6 Å². The maximum absolute atomic E-state index is 8.52. The van der Waals surface area contributed by atoms with Crippen LogP contribution in [0, 0.1) is 0 Å². The molecular formula is C12H22O. The van der Waals surface area contributed by atoms with Gasteiger partial charge in [0.15, 0.2) is 0 Å². The smallest absolute Gasteiger partial charge is 0.0433 e. The van der Waals surface area contributed by atoms with Gasteiger partial charge in [0.25, 0.3) is 0 Å². The summed E-state index contributed by atoms with van der Waals surface area (Å²) in [7, 11) is 0. The molecule has 0 heterocycles. The maximum Gasteiger partial charge on any atom is 0.0433 e. The standard InChI is InChI=1S/C12H22O/c1-2-3-4-5-6-7-8-9-10-11-12-13/h2,8-9,13H,1,3-7,10-12H2. The van der Waals surface area contributed by atoms with Gasteiger partial charge in [-0.15, -0.1) is 6.58 Å². The highest BCUT2D eigenvalue weighted by molar-refractivity contribution is 4.81. The molecule has 1 nitrogen and oxygen atoms in total. The fraction of sp³-hybridized carbons (Fsp3) is 0.667. The van der Waals surface area contributed by atoms with Gasteiger partial charge in [0, 0.05) is 6.61 Å². The molecule has 0 radical (unpaired) electrons. The van der Waals surface area contributed by atoms with Crippen LogP contribution in [0.4, 0.5) is 0 Å². The lowest BCUT2D eigenvalue weighted by molar-refractivity contribution is 0.289. The first-order valence-corrected chi connectivity index (χ1v) is 5.28. The minimum absolute atomic E-state index is 0.309. The van der Waals surface area contributed by atoms with E-state index in [2.05, 4.69) is 18.7 Å². The number of aliphatic hydroxyl groups is 1. The third-order valence-corrected chi connectivity index (χ3v) is 1.97. The SMILES string of the molecule is C=CCCCCCC=CCCCO. The van der Waals surface area contributed by atoms with Crippen LogP contribution in [0.2, 0.25) is 0 Å². The molecule has 0 aromatic heterocycles. The van der Waals surface area contributed by atoms with Crippen molar-refractivity contribution in [3.05, 3.63) is 24.8 Å². The molecule has 0 aromatic rings. The first-order chi connectivity index (χ1) is 6.41. The van der Waals surface area contributed by atoms with E-state index in [-0.39, 0.29) is 0 Å². The van der Waals surface area contributed by atoms with Crippen molar-refractivity contribution in [1.29, 1.82) is 0 Å². The van der Waals surface area contributed by atoms with Gasteiger partial charge >= 0.3 is 0 Å². The van der Waals surface area contributed by atoms with E-state index in [0.717, 1.165) is 19.3 Å². The Balaban J connectivity index is 2.97. The Bertz CT molecular complexity index is 127. The van der Waals surface area contributed by atoms with Crippen molar-refractivity contribution in [3.63, 3.8) is 0 Å². The molecule has 0 fully saturated rings. The van der Waals surface area contributed by atoms with E-state index in [1.165, 1.54) is 25.7 Å². The molecule has 0 atom stereocenters. The predicted octanol–water partition coefficient (Wildman–Crippen LogP) is 3.45. The number of hydrogen-bond acceptors (Lipinski definition) is 1. The Morgan fingerprint density at radius 1 is 0.846 bits per heavy atom. The second-order valence-corrected chi connectivity index (χ2v) is 3.26. The van der Waals surface area contributed by atoms with Gasteiger partial charge in [-0.05, 0) is 38.5 Å². The zero-order valence-electron chi connectivity index (χ0n) is 8.54. The van der Waals surface area contributed by atoms with Gasteiger partial charge in [-0.25, -0.2) is 0 Å². The van der Waals surface area contributed by atoms with E-state index >= 15 is 0 Å². The van der Waals surface area contributed by atoms with E-state index in [1.807, 2.05) is 6.08 Å². The molecule has 0 aliphatic carbocycles. The molecule has 0 bridgehead atoms. The first-order valence-electron chi connectivity index (χ1n) is 5.28. The fourth-order valence-corrected chi connectivity index (χ4v) is 1.17. The molecule has 0 aliphatic heterocycles. The fourth-order valence-electron chi connectivity index (χ4n) is 1.17. The van der Waals surface area contributed by atoms with E-state index in [4.69, 9.17) is 5.11 Å². The maximum atomic E-state index is 8.52. The van der Waals surface area contributed by atoms with Crippen LogP contribution in [0.3, 0.4) is 0 Å². The molecule has 0 spiro atoms. The molecule has 13 heavy (non-hydrogen) atoms. The van der Waals surface area contributed by atoms with Crippen LogP contribution in [0.15, 0.2) is 24.8 Å². The van der Waals surface area contributed by atoms with Crippen molar-refractivity contribution < 1.29 is 5.11 Å². The Morgan fingerprint density at radius 3 is 2.08 bits per heavy atom. The lowest BCUT2D eigenvalue weighted by atomic mass is 10.1. The van der Waals surface area contributed by atoms with Crippen molar-refractivity contribution in [2.45, 2.75) is 44.9 Å². The van der Waals surface area contributed by atoms with Gasteiger partial charge in [-0.3, -0.25) is 0 Å². The summed E-state index contributed by atoms with van der Waals surface area (Å²) in [6.07, 6.45) is 14.5. The molecule has 0 saturated heterocycles. The summed E-state index contributed by atoms with van der Waals surface area (Å²) < 4.78 is 0. The van der Waals surface area contributed by atoms with Crippen molar-refractivity contribution in [2.24, 2.45) is 0 Å². The average molecular weight is 182 g/mol. The second kappa shape index (κ2) is 11.4. The molecule has 0 unspecified atom stereocenters. The minimum Gasteiger partial charge on any atom is -0.396 e. The highest BCUT2D eigenvalue weighted by Gasteiger charge is 1.85. The summed E-state index contributed by atoms with van der Waals surface area (Å²) in [5, 5.41) is 8.52. The van der Waals surface area contributed by atoms with E-state index in [0.29, 0.717) is 6.61 Å². The number of aliphatic hydroxyl groups excluding tert-OH is 1. The molecule has 0 aliphatic rings. The first kappa shape index (κ1) is 12.4. The summed E-state index contributed by atoms with van der Waals surface area (Å²) in [4.78, 5) is 0. The molecule has 0 rings (SSSR count). The minimum atomic E-state index is 0.309. The summed E-state index contributed by atoms with van der Waals surface area (Å²) in [6, 6.07) is 0. The zero-order valence-corrected chi connectivity index (χ0v) is 8.54. The largest absolute Gasteiger partial charge is 0.396 e. The topological polar surface area (TPSA) is 20.2 Å². The monoisotopic (exact) mass is 182 g/mol. The van der Waals surface area contributed by atoms with Crippen molar-refractivity contribution in [1.82, 2.24) is 0 Å². The molecule has 1 N–H and O–H groups in total. The second-order valence-electron chi connectivity index (χ2n) is 3.26. The lowest BCUT2D eigenvalue weighted by Gasteiger charge is -1.94. The van der Waals surface area contributed by atoms with Crippen LogP contribution in [-0.2, 0) is 0 Å². The third-order valence-electron chi connectivity index (χ3n) is 1.97. The Labute approximate surface area is 82.2 Å². The van der Waals surface area contributed by atoms with Crippen LogP contribution >= 0.6 is 0 Å². The van der Waals surface area contributed by atoms with Crippen molar-refractivity contribution in [3.8, 4) is 0 Å². The summed E-state index contributed by atoms with van der Waals surface area (Å²) >= 11 is 0. The quantitative estimate of drug-likeness (QED) is 0.428. The Hall–Kier alpha value is -0.560. The van der Waals surface area contributed by atoms with E-state index in [9.17, 15) is 0 Å². The number of unbranched alkanes of at least 4 members (excludes halogenated alkanes) is 5. The van der Waals surface area contributed by atoms with Gasteiger partial charge in [0.2, 0.25) is 0 Å². The van der Waals surface area contributed by atoms with Gasteiger partial charge in [0.05, 0.1) is 0 Å². The molecular weight excluding hydrogens is 160 g/mol. The lowest BCUT2D eigenvalue weighted by Crippen LogP contribution is -1.78. The third kappa shape index (κ3) is 11.4. The molecule has 1 heteroatoms. The van der Waals surface area contributed by atoms with Gasteiger partial charge < -0.3 is 5.11 Å². The summed E-state index contributed by atoms with van der Waals surface area (Å²) in [5.41, 5.74) is 0. The average Bonchev–Trinajstić information content (AvgIpc) is 2.16. The van der Waals surface area contributed by atoms with Crippen molar-refractivity contribution in [2.75, 3.05) is 6.61 Å². The van der Waals surface area contributed by atoms with Crippen LogP contribution in [0.25, 0.3) is 0 Å². The Morgan fingerprint density at radius 2 is 1.46 bits per heavy atom. The van der Waals surface area contributed by atoms with E-state index in [1.54, 1.807) is 0 Å². The number of hydrogen-bond donors (Lipinski definition) is 1. The molecule has 76 valence electrons. The van der Waals surface area contributed by atoms with Crippen LogP contribution in [0.1, 0.15) is 44.9 Å². The highest BCUT2D eigenvalue weighted by atomic mass is 16.2. The van der Waals surface area contributed by atoms with E-state index < -0.39 is 0 Å². The van der Waals surface area contributed by atoms with Crippen LogP contribution < -0.4 is 0 Å². The summed E-state index contributed by atoms with van der Waals surface area (Å²) in [6.45, 7) is 4.00. The molecule has 0 amide bonds. The summed E-state index contributed by atoms with van der Waals surface area (Å²) in [5.74, 6) is 0. The molecule has 0 aromatic carbocycles. The van der Waals surface area contributed by atoms with Gasteiger partial charge in [-0.2, -0.15) is 0 Å². The highest BCUT2D eigenvalue weighted by Crippen LogP contribution is 2.04. The predicted molar refractivity (Wildman–Crippen MR) is 58.7 cm³/mol. The normalized spacial score (nSPS) is 10.8. The zero-order chi connectivity index (χ0) is 9.78. The van der Waals surface area contributed by atoms with Crippen LogP contribution in [0.5, 0.6) is 0 Å².